The van der Waals surface area contributed by atoms with E-state index >= 15 is 0 Å². The van der Waals surface area contributed by atoms with Gasteiger partial charge in [-0.1, -0.05) is 30.3 Å². The molecule has 1 saturated heterocycles. The van der Waals surface area contributed by atoms with Gasteiger partial charge in [-0.25, -0.2) is 4.79 Å². The van der Waals surface area contributed by atoms with E-state index in [9.17, 15) is 14.4 Å². The summed E-state index contributed by atoms with van der Waals surface area (Å²) in [6.45, 7) is 1.83. The summed E-state index contributed by atoms with van der Waals surface area (Å²) in [7, 11) is 1.66. The number of nitrogens with zero attached hydrogens (tertiary/aromatic N) is 2. The number of carbonyl (C=O) groups excluding carboxylic acids is 3. The minimum Gasteiger partial charge on any atom is -0.340 e. The molecule has 1 fully saturated rings. The molecule has 1 N–H and O–H groups in total. The maximum atomic E-state index is 12.8. The average Bonchev–Trinajstić information content (AvgIpc) is 3.18. The quantitative estimate of drug-likeness (QED) is 0.834. The van der Waals surface area contributed by atoms with Crippen molar-refractivity contribution in [2.45, 2.75) is 19.0 Å². The van der Waals surface area contributed by atoms with Gasteiger partial charge in [0.25, 0.3) is 5.91 Å². The fraction of sp³-hybridized carbons (Fsp3) is 0.278. The fourth-order valence-electron chi connectivity index (χ4n) is 2.81. The molecule has 1 atom stereocenters. The van der Waals surface area contributed by atoms with Gasteiger partial charge < -0.3 is 10.2 Å². The highest BCUT2D eigenvalue weighted by Crippen LogP contribution is 2.28. The van der Waals surface area contributed by atoms with Crippen LogP contribution in [-0.2, 0) is 21.7 Å². The third kappa shape index (κ3) is 3.28. The summed E-state index contributed by atoms with van der Waals surface area (Å²) in [6, 6.07) is 10.4. The van der Waals surface area contributed by atoms with E-state index in [0.717, 1.165) is 10.5 Å². The zero-order valence-electron chi connectivity index (χ0n) is 14.1. The van der Waals surface area contributed by atoms with Gasteiger partial charge in [-0.2, -0.15) is 11.3 Å². The lowest BCUT2D eigenvalue weighted by Gasteiger charge is -2.23. The van der Waals surface area contributed by atoms with Gasteiger partial charge in [-0.3, -0.25) is 14.5 Å². The van der Waals surface area contributed by atoms with Crippen molar-refractivity contribution < 1.29 is 14.4 Å². The number of thiophene rings is 1. The van der Waals surface area contributed by atoms with Crippen molar-refractivity contribution in [2.75, 3.05) is 13.6 Å². The molecule has 1 unspecified atom stereocenters. The topological polar surface area (TPSA) is 69.7 Å². The van der Waals surface area contributed by atoms with Crippen LogP contribution < -0.4 is 5.32 Å². The van der Waals surface area contributed by atoms with Crippen LogP contribution in [0.2, 0.25) is 0 Å². The summed E-state index contributed by atoms with van der Waals surface area (Å²) in [5.74, 6) is -0.701. The number of rotatable bonds is 5. The molecule has 1 aromatic carbocycles. The van der Waals surface area contributed by atoms with Gasteiger partial charge in [0.2, 0.25) is 5.91 Å². The smallest absolute Gasteiger partial charge is 0.325 e. The van der Waals surface area contributed by atoms with E-state index in [0.29, 0.717) is 12.1 Å². The predicted octanol–water partition coefficient (Wildman–Crippen LogP) is 2.17. The number of nitrogens with one attached hydrogen (secondary N) is 1. The standard InChI is InChI=1S/C18H19N3O3S/c1-18(14-6-4-3-5-7-14)16(23)21(17(24)19-18)11-15(22)20(2)10-13-8-9-25-12-13/h3-9,12H,10-11H2,1-2H3,(H,19,24). The largest absolute Gasteiger partial charge is 0.340 e. The second kappa shape index (κ2) is 6.68. The molecule has 25 heavy (non-hydrogen) atoms. The van der Waals surface area contributed by atoms with Crippen molar-refractivity contribution in [1.29, 1.82) is 0 Å². The molecule has 1 aliphatic heterocycles. The SMILES string of the molecule is CN(Cc1ccsc1)C(=O)CN1C(=O)NC(C)(c2ccccc2)C1=O. The van der Waals surface area contributed by atoms with Crippen molar-refractivity contribution in [1.82, 2.24) is 15.1 Å². The van der Waals surface area contributed by atoms with E-state index in [1.807, 2.05) is 35.0 Å². The Bertz CT molecular complexity index is 791. The molecule has 0 aliphatic carbocycles. The summed E-state index contributed by atoms with van der Waals surface area (Å²) in [6.07, 6.45) is 0. The van der Waals surface area contributed by atoms with Crippen LogP contribution in [0, 0.1) is 0 Å². The number of hydrogen-bond acceptors (Lipinski definition) is 4. The van der Waals surface area contributed by atoms with Crippen molar-refractivity contribution >= 4 is 29.2 Å². The van der Waals surface area contributed by atoms with Crippen molar-refractivity contribution in [3.8, 4) is 0 Å². The normalized spacial score (nSPS) is 19.8. The first kappa shape index (κ1) is 17.2. The molecule has 4 amide bonds. The molecule has 1 aliphatic rings. The predicted molar refractivity (Wildman–Crippen MR) is 94.8 cm³/mol. The highest BCUT2D eigenvalue weighted by molar-refractivity contribution is 7.07. The van der Waals surface area contributed by atoms with E-state index in [2.05, 4.69) is 5.32 Å². The van der Waals surface area contributed by atoms with Gasteiger partial charge in [0.15, 0.2) is 0 Å². The first-order chi connectivity index (χ1) is 11.9. The van der Waals surface area contributed by atoms with E-state index in [1.54, 1.807) is 37.4 Å². The average molecular weight is 357 g/mol. The zero-order valence-corrected chi connectivity index (χ0v) is 14.9. The maximum Gasteiger partial charge on any atom is 0.325 e. The molecule has 0 saturated carbocycles. The first-order valence-corrected chi connectivity index (χ1v) is 8.81. The monoisotopic (exact) mass is 357 g/mol. The van der Waals surface area contributed by atoms with Crippen molar-refractivity contribution in [3.05, 3.63) is 58.3 Å². The summed E-state index contributed by atoms with van der Waals surface area (Å²) < 4.78 is 0. The Balaban J connectivity index is 1.71. The maximum absolute atomic E-state index is 12.8. The van der Waals surface area contributed by atoms with Crippen LogP contribution in [0.5, 0.6) is 0 Å². The third-order valence-electron chi connectivity index (χ3n) is 4.35. The second-order valence-electron chi connectivity index (χ2n) is 6.19. The Kier molecular flexibility index (Phi) is 4.59. The molecule has 3 rings (SSSR count). The number of urea groups is 1. The van der Waals surface area contributed by atoms with Crippen LogP contribution in [0.15, 0.2) is 47.2 Å². The van der Waals surface area contributed by atoms with E-state index < -0.39 is 17.5 Å². The lowest BCUT2D eigenvalue weighted by atomic mass is 9.92. The summed E-state index contributed by atoms with van der Waals surface area (Å²) in [5, 5.41) is 6.61. The highest BCUT2D eigenvalue weighted by atomic mass is 32.1. The van der Waals surface area contributed by atoms with Gasteiger partial charge in [-0.15, -0.1) is 0 Å². The van der Waals surface area contributed by atoms with Crippen LogP contribution in [0.3, 0.4) is 0 Å². The molecule has 0 spiro atoms. The Morgan fingerprint density at radius 1 is 1.24 bits per heavy atom. The Morgan fingerprint density at radius 3 is 2.60 bits per heavy atom. The minimum atomic E-state index is -1.15. The van der Waals surface area contributed by atoms with Crippen LogP contribution in [0.1, 0.15) is 18.1 Å². The number of likely N-dealkylation sites (N-methyl/N-ethyl adjacent to an activating group) is 1. The van der Waals surface area contributed by atoms with E-state index in [4.69, 9.17) is 0 Å². The summed E-state index contributed by atoms with van der Waals surface area (Å²) >= 11 is 1.56. The molecular weight excluding hydrogens is 338 g/mol. The lowest BCUT2D eigenvalue weighted by molar-refractivity contribution is -0.138. The lowest BCUT2D eigenvalue weighted by Crippen LogP contribution is -2.43. The summed E-state index contributed by atoms with van der Waals surface area (Å²) in [4.78, 5) is 40.0. The van der Waals surface area contributed by atoms with E-state index in [-0.39, 0.29) is 12.5 Å². The van der Waals surface area contributed by atoms with Crippen molar-refractivity contribution in [3.63, 3.8) is 0 Å². The van der Waals surface area contributed by atoms with Crippen LogP contribution >= 0.6 is 11.3 Å². The molecule has 1 aromatic heterocycles. The first-order valence-electron chi connectivity index (χ1n) is 7.86. The second-order valence-corrected chi connectivity index (χ2v) is 6.97. The minimum absolute atomic E-state index is 0.270. The Morgan fingerprint density at radius 2 is 1.96 bits per heavy atom. The summed E-state index contributed by atoms with van der Waals surface area (Å²) in [5.41, 5.74) is 0.562. The molecule has 0 radical (unpaired) electrons. The highest BCUT2D eigenvalue weighted by Gasteiger charge is 2.49. The van der Waals surface area contributed by atoms with Gasteiger partial charge in [0.1, 0.15) is 12.1 Å². The molecule has 0 bridgehead atoms. The molecule has 6 nitrogen and oxygen atoms in total. The number of carbonyl (C=O) groups is 3. The van der Waals surface area contributed by atoms with Crippen LogP contribution in [0.25, 0.3) is 0 Å². The van der Waals surface area contributed by atoms with Gasteiger partial charge in [-0.05, 0) is 34.9 Å². The van der Waals surface area contributed by atoms with E-state index in [1.165, 1.54) is 4.90 Å². The Hall–Kier alpha value is -2.67. The van der Waals surface area contributed by atoms with Crippen LogP contribution in [0.4, 0.5) is 4.79 Å². The van der Waals surface area contributed by atoms with Crippen LogP contribution in [-0.4, -0.2) is 41.2 Å². The number of imide groups is 1. The fourth-order valence-corrected chi connectivity index (χ4v) is 3.47. The van der Waals surface area contributed by atoms with Gasteiger partial charge >= 0.3 is 6.03 Å². The van der Waals surface area contributed by atoms with Gasteiger partial charge in [0, 0.05) is 13.6 Å². The molecular formula is C18H19N3O3S. The number of hydrogen-bond donors (Lipinski definition) is 1. The number of benzene rings is 1. The molecule has 130 valence electrons. The number of amides is 4. The molecule has 2 heterocycles. The zero-order chi connectivity index (χ0) is 18.0. The van der Waals surface area contributed by atoms with Crippen molar-refractivity contribution in [2.24, 2.45) is 0 Å². The molecule has 2 aromatic rings. The third-order valence-corrected chi connectivity index (χ3v) is 5.08. The Labute approximate surface area is 150 Å². The van der Waals surface area contributed by atoms with Gasteiger partial charge in [0.05, 0.1) is 0 Å². The molecule has 7 heteroatoms.